The van der Waals surface area contributed by atoms with Gasteiger partial charge in [-0.1, -0.05) is 29.8 Å². The molecule has 0 spiro atoms. The summed E-state index contributed by atoms with van der Waals surface area (Å²) >= 11 is 6.02. The maximum absolute atomic E-state index is 13.1. The SMILES string of the molecule is O=C(C1CN(c2cnc3cc(Cl)ccc3n2)CCO1)N1CCc2ccccc21. The maximum Gasteiger partial charge on any atom is 0.257 e. The van der Waals surface area contributed by atoms with E-state index in [1.807, 2.05) is 29.2 Å². The highest BCUT2D eigenvalue weighted by Crippen LogP contribution is 2.29. The van der Waals surface area contributed by atoms with Gasteiger partial charge in [0.15, 0.2) is 6.10 Å². The van der Waals surface area contributed by atoms with Crippen molar-refractivity contribution in [2.45, 2.75) is 12.5 Å². The second-order valence-corrected chi connectivity index (χ2v) is 7.47. The Kier molecular flexibility index (Phi) is 4.37. The van der Waals surface area contributed by atoms with Gasteiger partial charge in [-0.25, -0.2) is 4.98 Å². The molecule has 1 saturated heterocycles. The van der Waals surface area contributed by atoms with Crippen LogP contribution in [0.2, 0.25) is 5.02 Å². The molecule has 0 N–H and O–H groups in total. The van der Waals surface area contributed by atoms with E-state index in [1.165, 1.54) is 5.56 Å². The van der Waals surface area contributed by atoms with Gasteiger partial charge in [0.05, 0.1) is 30.4 Å². The van der Waals surface area contributed by atoms with Crippen LogP contribution >= 0.6 is 11.6 Å². The molecule has 0 radical (unpaired) electrons. The Hall–Kier alpha value is -2.70. The molecule has 5 rings (SSSR count). The highest BCUT2D eigenvalue weighted by Gasteiger charge is 2.34. The van der Waals surface area contributed by atoms with Crippen LogP contribution in [0.1, 0.15) is 5.56 Å². The van der Waals surface area contributed by atoms with Crippen LogP contribution in [0.25, 0.3) is 11.0 Å². The summed E-state index contributed by atoms with van der Waals surface area (Å²) in [6, 6.07) is 13.5. The first-order chi connectivity index (χ1) is 13.7. The molecule has 3 aromatic rings. The Balaban J connectivity index is 1.36. The number of carbonyl (C=O) groups is 1. The average molecular weight is 395 g/mol. The molecule has 1 unspecified atom stereocenters. The third-order valence-corrected chi connectivity index (χ3v) is 5.55. The Morgan fingerprint density at radius 1 is 1.14 bits per heavy atom. The first-order valence-electron chi connectivity index (χ1n) is 9.37. The fourth-order valence-electron chi connectivity index (χ4n) is 3.87. The second-order valence-electron chi connectivity index (χ2n) is 7.04. The topological polar surface area (TPSA) is 58.6 Å². The third kappa shape index (κ3) is 3.08. The predicted molar refractivity (Wildman–Crippen MR) is 109 cm³/mol. The Morgan fingerprint density at radius 3 is 2.96 bits per heavy atom. The number of nitrogens with zero attached hydrogens (tertiary/aromatic N) is 4. The van der Waals surface area contributed by atoms with Crippen molar-refractivity contribution in [3.63, 3.8) is 0 Å². The fourth-order valence-corrected chi connectivity index (χ4v) is 4.04. The Morgan fingerprint density at radius 2 is 2.04 bits per heavy atom. The molecule has 0 saturated carbocycles. The summed E-state index contributed by atoms with van der Waals surface area (Å²) in [5.41, 5.74) is 3.74. The molecule has 2 aromatic carbocycles. The third-order valence-electron chi connectivity index (χ3n) is 5.31. The molecule has 3 heterocycles. The van der Waals surface area contributed by atoms with Crippen molar-refractivity contribution in [3.8, 4) is 0 Å². The van der Waals surface area contributed by atoms with Gasteiger partial charge < -0.3 is 14.5 Å². The number of carbonyl (C=O) groups excluding carboxylic acids is 1. The standard InChI is InChI=1S/C21H19ClN4O2/c22-15-5-6-16-17(11-15)23-12-20(24-16)25-9-10-28-19(13-25)21(27)26-8-7-14-3-1-2-4-18(14)26/h1-6,11-12,19H,7-10,13H2. The Bertz CT molecular complexity index is 1060. The molecular weight excluding hydrogens is 376 g/mol. The van der Waals surface area contributed by atoms with Gasteiger partial charge in [-0.2, -0.15) is 0 Å². The van der Waals surface area contributed by atoms with Crippen molar-refractivity contribution in [2.24, 2.45) is 0 Å². The lowest BCUT2D eigenvalue weighted by atomic mass is 10.2. The number of morpholine rings is 1. The minimum Gasteiger partial charge on any atom is -0.365 e. The van der Waals surface area contributed by atoms with Gasteiger partial charge in [0, 0.05) is 23.8 Å². The first kappa shape index (κ1) is 17.4. The Labute approximate surface area is 167 Å². The van der Waals surface area contributed by atoms with Crippen molar-refractivity contribution in [3.05, 3.63) is 59.2 Å². The van der Waals surface area contributed by atoms with E-state index in [1.54, 1.807) is 18.3 Å². The normalized spacial score (nSPS) is 19.1. The fraction of sp³-hybridized carbons (Fsp3) is 0.286. The van der Waals surface area contributed by atoms with Gasteiger partial charge in [0.2, 0.25) is 0 Å². The number of anilines is 2. The smallest absolute Gasteiger partial charge is 0.257 e. The van der Waals surface area contributed by atoms with Gasteiger partial charge in [0.1, 0.15) is 5.82 Å². The lowest BCUT2D eigenvalue weighted by Crippen LogP contribution is -2.51. The lowest BCUT2D eigenvalue weighted by Gasteiger charge is -2.34. The van der Waals surface area contributed by atoms with Crippen molar-refractivity contribution in [1.82, 2.24) is 9.97 Å². The number of aromatic nitrogens is 2. The number of amides is 1. The molecule has 2 aliphatic heterocycles. The molecule has 0 bridgehead atoms. The number of benzene rings is 2. The van der Waals surface area contributed by atoms with Crippen LogP contribution < -0.4 is 9.80 Å². The molecule has 6 nitrogen and oxygen atoms in total. The lowest BCUT2D eigenvalue weighted by molar-refractivity contribution is -0.130. The zero-order valence-electron chi connectivity index (χ0n) is 15.2. The first-order valence-corrected chi connectivity index (χ1v) is 9.75. The number of ether oxygens (including phenoxy) is 1. The van der Waals surface area contributed by atoms with Crippen molar-refractivity contribution < 1.29 is 9.53 Å². The monoisotopic (exact) mass is 394 g/mol. The molecule has 2 aliphatic rings. The predicted octanol–water partition coefficient (Wildman–Crippen LogP) is 3.08. The van der Waals surface area contributed by atoms with Gasteiger partial charge >= 0.3 is 0 Å². The number of halogens is 1. The number of rotatable bonds is 2. The van der Waals surface area contributed by atoms with E-state index in [0.717, 1.165) is 29.0 Å². The van der Waals surface area contributed by atoms with Gasteiger partial charge in [-0.15, -0.1) is 0 Å². The molecule has 1 fully saturated rings. The van der Waals surface area contributed by atoms with E-state index < -0.39 is 6.10 Å². The van der Waals surface area contributed by atoms with Crippen LogP contribution in [-0.4, -0.2) is 48.2 Å². The zero-order valence-corrected chi connectivity index (χ0v) is 16.0. The van der Waals surface area contributed by atoms with Crippen LogP contribution in [0.3, 0.4) is 0 Å². The minimum atomic E-state index is -0.511. The largest absolute Gasteiger partial charge is 0.365 e. The summed E-state index contributed by atoms with van der Waals surface area (Å²) < 4.78 is 5.82. The molecule has 1 amide bonds. The summed E-state index contributed by atoms with van der Waals surface area (Å²) in [4.78, 5) is 26.2. The van der Waals surface area contributed by atoms with E-state index in [0.29, 0.717) is 31.3 Å². The van der Waals surface area contributed by atoms with E-state index in [9.17, 15) is 4.79 Å². The molecule has 28 heavy (non-hydrogen) atoms. The van der Waals surface area contributed by atoms with E-state index in [4.69, 9.17) is 21.3 Å². The number of hydrogen-bond donors (Lipinski definition) is 0. The van der Waals surface area contributed by atoms with Crippen LogP contribution in [-0.2, 0) is 16.0 Å². The molecule has 7 heteroatoms. The van der Waals surface area contributed by atoms with Crippen LogP contribution in [0.15, 0.2) is 48.7 Å². The second kappa shape index (κ2) is 7.04. The van der Waals surface area contributed by atoms with E-state index in [-0.39, 0.29) is 5.91 Å². The van der Waals surface area contributed by atoms with Crippen molar-refractivity contribution in [2.75, 3.05) is 36.0 Å². The van der Waals surface area contributed by atoms with Crippen molar-refractivity contribution in [1.29, 1.82) is 0 Å². The van der Waals surface area contributed by atoms with Gasteiger partial charge in [0.25, 0.3) is 5.91 Å². The zero-order chi connectivity index (χ0) is 19.1. The molecular formula is C21H19ClN4O2. The summed E-state index contributed by atoms with van der Waals surface area (Å²) in [5, 5.41) is 0.637. The van der Waals surface area contributed by atoms with E-state index >= 15 is 0 Å². The minimum absolute atomic E-state index is 0.00943. The van der Waals surface area contributed by atoms with Crippen LogP contribution in [0.5, 0.6) is 0 Å². The summed E-state index contributed by atoms with van der Waals surface area (Å²) in [6.45, 7) is 2.32. The summed E-state index contributed by atoms with van der Waals surface area (Å²) in [5.74, 6) is 0.757. The average Bonchev–Trinajstić information content (AvgIpc) is 3.17. The molecule has 1 atom stereocenters. The summed E-state index contributed by atoms with van der Waals surface area (Å²) in [7, 11) is 0. The molecule has 1 aromatic heterocycles. The number of para-hydroxylation sites is 1. The summed E-state index contributed by atoms with van der Waals surface area (Å²) in [6.07, 6.45) is 2.11. The van der Waals surface area contributed by atoms with E-state index in [2.05, 4.69) is 16.0 Å². The number of hydrogen-bond acceptors (Lipinski definition) is 5. The number of fused-ring (bicyclic) bond motifs is 2. The maximum atomic E-state index is 13.1. The van der Waals surface area contributed by atoms with Gasteiger partial charge in [-0.3, -0.25) is 9.78 Å². The van der Waals surface area contributed by atoms with Crippen molar-refractivity contribution >= 4 is 40.0 Å². The van der Waals surface area contributed by atoms with Gasteiger partial charge in [-0.05, 0) is 36.2 Å². The van der Waals surface area contributed by atoms with Crippen LogP contribution in [0, 0.1) is 0 Å². The van der Waals surface area contributed by atoms with Crippen LogP contribution in [0.4, 0.5) is 11.5 Å². The highest BCUT2D eigenvalue weighted by atomic mass is 35.5. The quantitative estimate of drug-likeness (QED) is 0.668. The highest BCUT2D eigenvalue weighted by molar-refractivity contribution is 6.31. The molecule has 0 aliphatic carbocycles. The molecule has 142 valence electrons.